The first kappa shape index (κ1) is 27.0. The fourth-order valence-electron chi connectivity index (χ4n) is 6.49. The zero-order valence-electron chi connectivity index (χ0n) is 25.5. The molecular formula is C44H28N2O. The third-order valence-corrected chi connectivity index (χ3v) is 8.90. The van der Waals surface area contributed by atoms with Gasteiger partial charge in [-0.15, -0.1) is 0 Å². The van der Waals surface area contributed by atoms with E-state index >= 15 is 0 Å². The first-order valence-electron chi connectivity index (χ1n) is 15.8. The van der Waals surface area contributed by atoms with Crippen LogP contribution in [0.25, 0.3) is 88.9 Å². The molecule has 0 aliphatic rings. The second kappa shape index (κ2) is 11.2. The van der Waals surface area contributed by atoms with Gasteiger partial charge >= 0.3 is 0 Å². The van der Waals surface area contributed by atoms with Crippen molar-refractivity contribution in [3.8, 4) is 56.2 Å². The molecule has 0 aliphatic carbocycles. The maximum atomic E-state index is 6.39. The van der Waals surface area contributed by atoms with Crippen LogP contribution in [0.2, 0.25) is 0 Å². The van der Waals surface area contributed by atoms with Crippen LogP contribution in [0.1, 0.15) is 0 Å². The molecule has 9 aromatic rings. The lowest BCUT2D eigenvalue weighted by molar-refractivity contribution is 0.670. The molecule has 0 atom stereocenters. The second-order valence-corrected chi connectivity index (χ2v) is 11.8. The van der Waals surface area contributed by atoms with E-state index in [1.165, 1.54) is 16.5 Å². The van der Waals surface area contributed by atoms with Crippen LogP contribution in [0.5, 0.6) is 0 Å². The van der Waals surface area contributed by atoms with Crippen LogP contribution in [0.4, 0.5) is 0 Å². The highest BCUT2D eigenvalue weighted by Crippen LogP contribution is 2.37. The molecule has 0 amide bonds. The molecular weight excluding hydrogens is 572 g/mol. The van der Waals surface area contributed by atoms with Gasteiger partial charge in [-0.3, -0.25) is 0 Å². The van der Waals surface area contributed by atoms with E-state index < -0.39 is 0 Å². The molecule has 2 heterocycles. The van der Waals surface area contributed by atoms with Gasteiger partial charge in [0.25, 0.3) is 0 Å². The summed E-state index contributed by atoms with van der Waals surface area (Å²) in [6.45, 7) is 0. The number of hydrogen-bond donors (Lipinski definition) is 0. The van der Waals surface area contributed by atoms with Gasteiger partial charge < -0.3 is 4.42 Å². The van der Waals surface area contributed by atoms with Crippen molar-refractivity contribution >= 4 is 32.7 Å². The molecule has 0 aliphatic heterocycles. The number of para-hydroxylation sites is 2. The Hall–Kier alpha value is -6.32. The highest BCUT2D eigenvalue weighted by Gasteiger charge is 2.15. The van der Waals surface area contributed by atoms with Gasteiger partial charge in [-0.05, 0) is 51.7 Å². The maximum Gasteiger partial charge on any atom is 0.160 e. The van der Waals surface area contributed by atoms with Crippen molar-refractivity contribution in [2.45, 2.75) is 0 Å². The Morgan fingerprint density at radius 3 is 1.85 bits per heavy atom. The highest BCUT2D eigenvalue weighted by molar-refractivity contribution is 6.09. The van der Waals surface area contributed by atoms with Crippen molar-refractivity contribution in [2.24, 2.45) is 0 Å². The van der Waals surface area contributed by atoms with Crippen molar-refractivity contribution in [3.05, 3.63) is 170 Å². The van der Waals surface area contributed by atoms with Crippen molar-refractivity contribution in [1.29, 1.82) is 0 Å². The van der Waals surface area contributed by atoms with Gasteiger partial charge in [0.2, 0.25) is 0 Å². The molecule has 0 unspecified atom stereocenters. The molecule has 3 nitrogen and oxygen atoms in total. The van der Waals surface area contributed by atoms with Crippen LogP contribution in [0.3, 0.4) is 0 Å². The molecule has 0 saturated carbocycles. The molecule has 2 aromatic heterocycles. The standard InChI is InChI=1S/C44H28N2O/c1-2-10-29(11-3-1)31-20-23-32(24-21-31)40-28-41(46-44(45-40)36-25-22-30-12-4-5-13-33(30)26-36)35-15-8-14-34(27-35)37-17-9-18-39-38-16-6-7-19-42(38)47-43(37)39/h1-28H. The van der Waals surface area contributed by atoms with E-state index in [9.17, 15) is 0 Å². The third-order valence-electron chi connectivity index (χ3n) is 8.90. The van der Waals surface area contributed by atoms with Crippen molar-refractivity contribution in [2.75, 3.05) is 0 Å². The Labute approximate surface area is 272 Å². The van der Waals surface area contributed by atoms with Crippen molar-refractivity contribution in [3.63, 3.8) is 0 Å². The van der Waals surface area contributed by atoms with Crippen molar-refractivity contribution in [1.82, 2.24) is 9.97 Å². The summed E-state index contributed by atoms with van der Waals surface area (Å²) in [6, 6.07) is 59.1. The predicted molar refractivity (Wildman–Crippen MR) is 194 cm³/mol. The SMILES string of the molecule is c1ccc(-c2ccc(-c3cc(-c4cccc(-c5cccc6c5oc5ccccc56)c4)nc(-c4ccc5ccccc5c4)n3)cc2)cc1. The average molecular weight is 601 g/mol. The largest absolute Gasteiger partial charge is 0.455 e. The van der Waals surface area contributed by atoms with Gasteiger partial charge in [0.15, 0.2) is 5.82 Å². The summed E-state index contributed by atoms with van der Waals surface area (Å²) < 4.78 is 6.39. The van der Waals surface area contributed by atoms with Crippen LogP contribution in [0, 0.1) is 0 Å². The highest BCUT2D eigenvalue weighted by atomic mass is 16.3. The van der Waals surface area contributed by atoms with E-state index in [-0.39, 0.29) is 0 Å². The van der Waals surface area contributed by atoms with E-state index in [0.29, 0.717) is 5.82 Å². The topological polar surface area (TPSA) is 38.9 Å². The lowest BCUT2D eigenvalue weighted by Gasteiger charge is -2.12. The number of aromatic nitrogens is 2. The molecule has 7 aromatic carbocycles. The molecule has 3 heteroatoms. The average Bonchev–Trinajstić information content (AvgIpc) is 3.54. The predicted octanol–water partition coefficient (Wildman–Crippen LogP) is 11.9. The van der Waals surface area contributed by atoms with E-state index in [4.69, 9.17) is 14.4 Å². The van der Waals surface area contributed by atoms with Gasteiger partial charge in [-0.1, -0.05) is 146 Å². The summed E-state index contributed by atoms with van der Waals surface area (Å²) in [5.74, 6) is 0.695. The van der Waals surface area contributed by atoms with Gasteiger partial charge in [0, 0.05) is 33.0 Å². The Balaban J connectivity index is 1.19. The smallest absolute Gasteiger partial charge is 0.160 e. The molecule has 0 fully saturated rings. The number of rotatable bonds is 5. The van der Waals surface area contributed by atoms with Crippen LogP contribution in [-0.4, -0.2) is 9.97 Å². The summed E-state index contributed by atoms with van der Waals surface area (Å²) in [5.41, 5.74) is 11.1. The van der Waals surface area contributed by atoms with E-state index in [1.807, 2.05) is 18.2 Å². The first-order valence-corrected chi connectivity index (χ1v) is 15.8. The minimum atomic E-state index is 0.695. The summed E-state index contributed by atoms with van der Waals surface area (Å²) in [7, 11) is 0. The fraction of sp³-hybridized carbons (Fsp3) is 0. The monoisotopic (exact) mass is 600 g/mol. The van der Waals surface area contributed by atoms with E-state index in [1.54, 1.807) is 0 Å². The van der Waals surface area contributed by atoms with Gasteiger partial charge in [0.05, 0.1) is 11.4 Å². The Bertz CT molecular complexity index is 2560. The molecule has 9 rings (SSSR count). The number of nitrogens with zero attached hydrogens (tertiary/aromatic N) is 2. The first-order chi connectivity index (χ1) is 23.3. The zero-order valence-corrected chi connectivity index (χ0v) is 25.5. The lowest BCUT2D eigenvalue weighted by Crippen LogP contribution is -1.96. The number of furan rings is 1. The molecule has 0 radical (unpaired) electrons. The minimum absolute atomic E-state index is 0.695. The van der Waals surface area contributed by atoms with Gasteiger partial charge in [-0.25, -0.2) is 9.97 Å². The van der Waals surface area contributed by atoms with Gasteiger partial charge in [-0.2, -0.15) is 0 Å². The number of hydrogen-bond acceptors (Lipinski definition) is 3. The maximum absolute atomic E-state index is 6.39. The normalized spacial score (nSPS) is 11.4. The van der Waals surface area contributed by atoms with Crippen LogP contribution in [-0.2, 0) is 0 Å². The summed E-state index contributed by atoms with van der Waals surface area (Å²) >= 11 is 0. The molecule has 0 bridgehead atoms. The molecule has 0 N–H and O–H groups in total. The Morgan fingerprint density at radius 1 is 0.362 bits per heavy atom. The summed E-state index contributed by atoms with van der Waals surface area (Å²) in [6.07, 6.45) is 0. The van der Waals surface area contributed by atoms with Crippen LogP contribution >= 0.6 is 0 Å². The van der Waals surface area contributed by atoms with E-state index in [2.05, 4.69) is 152 Å². The molecule has 0 spiro atoms. The summed E-state index contributed by atoms with van der Waals surface area (Å²) in [5, 5.41) is 4.59. The number of benzene rings is 7. The minimum Gasteiger partial charge on any atom is -0.455 e. The van der Waals surface area contributed by atoms with Gasteiger partial charge in [0.1, 0.15) is 11.2 Å². The quantitative estimate of drug-likeness (QED) is 0.197. The molecule has 0 saturated heterocycles. The zero-order chi connectivity index (χ0) is 31.2. The lowest BCUT2D eigenvalue weighted by atomic mass is 9.98. The Kier molecular flexibility index (Phi) is 6.46. The van der Waals surface area contributed by atoms with Crippen LogP contribution < -0.4 is 0 Å². The van der Waals surface area contributed by atoms with Crippen LogP contribution in [0.15, 0.2) is 174 Å². The molecule has 47 heavy (non-hydrogen) atoms. The Morgan fingerprint density at radius 2 is 0.979 bits per heavy atom. The molecule has 220 valence electrons. The third kappa shape index (κ3) is 4.95. The summed E-state index contributed by atoms with van der Waals surface area (Å²) in [4.78, 5) is 10.3. The van der Waals surface area contributed by atoms with E-state index in [0.717, 1.165) is 66.5 Å². The number of fused-ring (bicyclic) bond motifs is 4. The fourth-order valence-corrected chi connectivity index (χ4v) is 6.49. The van der Waals surface area contributed by atoms with Crippen molar-refractivity contribution < 1.29 is 4.42 Å². The second-order valence-electron chi connectivity index (χ2n) is 11.8.